The largest absolute Gasteiger partial charge is 0.362 e. The minimum atomic E-state index is 0.131. The van der Waals surface area contributed by atoms with Crippen molar-refractivity contribution in [1.29, 1.82) is 0 Å². The molecule has 0 aliphatic rings. The van der Waals surface area contributed by atoms with Gasteiger partial charge in [0.25, 0.3) is 0 Å². The number of hydrogen-bond acceptors (Lipinski definition) is 4. The van der Waals surface area contributed by atoms with E-state index in [2.05, 4.69) is 22.2 Å². The molecule has 0 fully saturated rings. The zero-order valence-electron chi connectivity index (χ0n) is 11.0. The van der Waals surface area contributed by atoms with Gasteiger partial charge in [0.05, 0.1) is 10.4 Å². The van der Waals surface area contributed by atoms with Crippen LogP contribution in [0, 0.1) is 6.92 Å². The van der Waals surface area contributed by atoms with Gasteiger partial charge in [0, 0.05) is 16.9 Å². The summed E-state index contributed by atoms with van der Waals surface area (Å²) in [4.78, 5) is 9.88. The van der Waals surface area contributed by atoms with E-state index in [-0.39, 0.29) is 6.04 Å². The number of hydrogen-bond donors (Lipinski definition) is 1. The molecule has 0 amide bonds. The van der Waals surface area contributed by atoms with Crippen LogP contribution in [0.2, 0.25) is 9.49 Å². The van der Waals surface area contributed by atoms with Crippen molar-refractivity contribution >= 4 is 40.4 Å². The summed E-state index contributed by atoms with van der Waals surface area (Å²) in [6, 6.07) is 4.05. The van der Waals surface area contributed by atoms with Gasteiger partial charge in [-0.1, -0.05) is 30.1 Å². The molecule has 0 aromatic carbocycles. The number of nitrogens with zero attached hydrogens (tertiary/aromatic N) is 2. The van der Waals surface area contributed by atoms with Gasteiger partial charge in [-0.3, -0.25) is 0 Å². The zero-order chi connectivity index (χ0) is 14.0. The molecule has 19 heavy (non-hydrogen) atoms. The lowest BCUT2D eigenvalue weighted by Crippen LogP contribution is -2.10. The van der Waals surface area contributed by atoms with Gasteiger partial charge in [0.15, 0.2) is 0 Å². The van der Waals surface area contributed by atoms with Crippen LogP contribution in [0.4, 0.5) is 5.82 Å². The second-order valence-corrected chi connectivity index (χ2v) is 6.37. The number of aromatic nitrogens is 2. The topological polar surface area (TPSA) is 37.8 Å². The molecule has 2 aromatic rings. The van der Waals surface area contributed by atoms with E-state index in [0.717, 1.165) is 32.8 Å². The molecule has 3 nitrogen and oxygen atoms in total. The first-order valence-corrected chi connectivity index (χ1v) is 7.63. The Morgan fingerprint density at radius 3 is 2.63 bits per heavy atom. The molecule has 2 heterocycles. The highest BCUT2D eigenvalue weighted by Crippen LogP contribution is 2.30. The maximum atomic E-state index is 6.12. The summed E-state index contributed by atoms with van der Waals surface area (Å²) in [5, 5.41) is 3.88. The zero-order valence-corrected chi connectivity index (χ0v) is 13.3. The molecular weight excluding hydrogens is 301 g/mol. The maximum absolute atomic E-state index is 6.12. The summed E-state index contributed by atoms with van der Waals surface area (Å²) in [5.41, 5.74) is 0.869. The average molecular weight is 316 g/mol. The third-order valence-corrected chi connectivity index (χ3v) is 4.60. The number of anilines is 1. The fraction of sp³-hybridized carbons (Fsp3) is 0.385. The summed E-state index contributed by atoms with van der Waals surface area (Å²) in [5.74, 6) is 1.53. The molecule has 1 N–H and O–H groups in total. The van der Waals surface area contributed by atoms with E-state index in [1.165, 1.54) is 0 Å². The molecule has 102 valence electrons. The van der Waals surface area contributed by atoms with Crippen molar-refractivity contribution in [3.05, 3.63) is 37.9 Å². The Bertz CT molecular complexity index is 583. The maximum Gasteiger partial charge on any atom is 0.137 e. The second-order valence-electron chi connectivity index (χ2n) is 4.27. The molecule has 0 saturated heterocycles. The van der Waals surface area contributed by atoms with Crippen LogP contribution in [0.5, 0.6) is 0 Å². The van der Waals surface area contributed by atoms with E-state index in [9.17, 15) is 0 Å². The Balaban J connectivity index is 2.25. The van der Waals surface area contributed by atoms with Crippen LogP contribution < -0.4 is 5.32 Å². The van der Waals surface area contributed by atoms with Crippen LogP contribution in [0.25, 0.3) is 0 Å². The highest BCUT2D eigenvalue weighted by atomic mass is 35.5. The predicted octanol–water partition coefficient (Wildman–Crippen LogP) is 4.89. The molecule has 1 unspecified atom stereocenters. The molecule has 0 saturated carbocycles. The van der Waals surface area contributed by atoms with Gasteiger partial charge in [0.2, 0.25) is 0 Å². The summed E-state index contributed by atoms with van der Waals surface area (Å²) in [6.45, 7) is 5.99. The smallest absolute Gasteiger partial charge is 0.137 e. The van der Waals surface area contributed by atoms with E-state index in [1.54, 1.807) is 11.3 Å². The molecule has 2 rings (SSSR count). The molecular formula is C13H15Cl2N3S. The molecule has 0 aliphatic heterocycles. The first-order chi connectivity index (χ1) is 9.01. The van der Waals surface area contributed by atoms with Crippen molar-refractivity contribution in [2.75, 3.05) is 5.32 Å². The van der Waals surface area contributed by atoms with Crippen LogP contribution in [0.3, 0.4) is 0 Å². The Labute approximate surface area is 127 Å². The van der Waals surface area contributed by atoms with Gasteiger partial charge in [-0.05, 0) is 26.0 Å². The van der Waals surface area contributed by atoms with E-state index >= 15 is 0 Å². The van der Waals surface area contributed by atoms with Crippen molar-refractivity contribution in [2.24, 2.45) is 0 Å². The van der Waals surface area contributed by atoms with Gasteiger partial charge in [-0.15, -0.1) is 11.3 Å². The number of nitrogens with one attached hydrogen (secondary N) is 1. The lowest BCUT2D eigenvalue weighted by Gasteiger charge is -2.16. The summed E-state index contributed by atoms with van der Waals surface area (Å²) >= 11 is 13.6. The Kier molecular flexibility index (Phi) is 4.66. The second kappa shape index (κ2) is 6.07. The molecule has 0 radical (unpaired) electrons. The van der Waals surface area contributed by atoms with Crippen molar-refractivity contribution in [1.82, 2.24) is 9.97 Å². The monoisotopic (exact) mass is 315 g/mol. The third-order valence-electron chi connectivity index (χ3n) is 2.82. The molecule has 0 spiro atoms. The van der Waals surface area contributed by atoms with Gasteiger partial charge in [-0.2, -0.15) is 0 Å². The normalized spacial score (nSPS) is 12.5. The lowest BCUT2D eigenvalue weighted by molar-refractivity contribution is 0.865. The molecule has 6 heteroatoms. The first-order valence-electron chi connectivity index (χ1n) is 6.06. The van der Waals surface area contributed by atoms with Crippen LogP contribution in [0.15, 0.2) is 12.1 Å². The Morgan fingerprint density at radius 1 is 1.32 bits per heavy atom. The number of rotatable bonds is 4. The SMILES string of the molecule is CCc1nc(Cl)c(C)c(NC(C)c2ccc(Cl)s2)n1. The average Bonchev–Trinajstić information content (AvgIpc) is 2.81. The minimum Gasteiger partial charge on any atom is -0.362 e. The predicted molar refractivity (Wildman–Crippen MR) is 82.5 cm³/mol. The fourth-order valence-corrected chi connectivity index (χ4v) is 2.92. The van der Waals surface area contributed by atoms with E-state index < -0.39 is 0 Å². The third kappa shape index (κ3) is 3.38. The first kappa shape index (κ1) is 14.6. The van der Waals surface area contributed by atoms with Crippen molar-refractivity contribution in [2.45, 2.75) is 33.2 Å². The van der Waals surface area contributed by atoms with E-state index in [1.807, 2.05) is 26.0 Å². The minimum absolute atomic E-state index is 0.131. The van der Waals surface area contributed by atoms with Crippen molar-refractivity contribution in [3.8, 4) is 0 Å². The summed E-state index contributed by atoms with van der Waals surface area (Å²) < 4.78 is 0.787. The fourth-order valence-electron chi connectivity index (χ4n) is 1.67. The number of aryl methyl sites for hydroxylation is 1. The highest BCUT2D eigenvalue weighted by molar-refractivity contribution is 7.16. The van der Waals surface area contributed by atoms with Crippen LogP contribution in [-0.2, 0) is 6.42 Å². The summed E-state index contributed by atoms with van der Waals surface area (Å²) in [7, 11) is 0. The van der Waals surface area contributed by atoms with Crippen LogP contribution in [0.1, 0.15) is 36.2 Å². The van der Waals surface area contributed by atoms with E-state index in [4.69, 9.17) is 23.2 Å². The van der Waals surface area contributed by atoms with Gasteiger partial charge < -0.3 is 5.32 Å². The Morgan fingerprint density at radius 2 is 2.05 bits per heavy atom. The van der Waals surface area contributed by atoms with Gasteiger partial charge >= 0.3 is 0 Å². The molecule has 2 aromatic heterocycles. The highest BCUT2D eigenvalue weighted by Gasteiger charge is 2.13. The Hall–Kier alpha value is -0.840. The summed E-state index contributed by atoms with van der Waals surface area (Å²) in [6.07, 6.45) is 0.758. The number of thiophene rings is 1. The quantitative estimate of drug-likeness (QED) is 0.816. The van der Waals surface area contributed by atoms with E-state index in [0.29, 0.717) is 5.15 Å². The van der Waals surface area contributed by atoms with Gasteiger partial charge in [-0.25, -0.2) is 9.97 Å². The van der Waals surface area contributed by atoms with Crippen molar-refractivity contribution in [3.63, 3.8) is 0 Å². The standard InChI is InChI=1S/C13H15Cl2N3S/c1-4-11-17-12(15)7(2)13(18-11)16-8(3)9-5-6-10(14)19-9/h5-6,8H,4H2,1-3H3,(H,16,17,18). The van der Waals surface area contributed by atoms with Crippen LogP contribution >= 0.6 is 34.5 Å². The molecule has 0 aliphatic carbocycles. The number of halogens is 2. The van der Waals surface area contributed by atoms with Crippen LogP contribution in [-0.4, -0.2) is 9.97 Å². The molecule has 0 bridgehead atoms. The lowest BCUT2D eigenvalue weighted by atomic mass is 10.2. The molecule has 1 atom stereocenters. The van der Waals surface area contributed by atoms with Gasteiger partial charge in [0.1, 0.15) is 16.8 Å². The van der Waals surface area contributed by atoms with Crippen molar-refractivity contribution < 1.29 is 0 Å².